The standard InChI is InChI=1S/C18H27N5O2.C2HF3O2/c19-20-13-15-1-3-16(4-2-15)22-9-11-23(12-10-22)17-5-7-21(8-6-17)14-18(24)25;3-2(4,5)1(6)7/h1-4,13,17H,5-12,14,19H2,(H,24,25);(H,6,7). The van der Waals surface area contributed by atoms with E-state index >= 15 is 0 Å². The molecular formula is C20H28F3N5O4. The zero-order chi connectivity index (χ0) is 23.7. The molecule has 2 aliphatic rings. The van der Waals surface area contributed by atoms with E-state index in [4.69, 9.17) is 20.9 Å². The summed E-state index contributed by atoms with van der Waals surface area (Å²) in [6.07, 6.45) is -1.29. The van der Waals surface area contributed by atoms with Gasteiger partial charge in [-0.15, -0.1) is 0 Å². The lowest BCUT2D eigenvalue weighted by Crippen LogP contribution is -2.53. The smallest absolute Gasteiger partial charge is 0.480 e. The maximum Gasteiger partial charge on any atom is 0.490 e. The Morgan fingerprint density at radius 2 is 1.56 bits per heavy atom. The molecule has 0 unspecified atom stereocenters. The van der Waals surface area contributed by atoms with Gasteiger partial charge in [0.2, 0.25) is 0 Å². The Kier molecular flexibility index (Phi) is 9.27. The second kappa shape index (κ2) is 11.7. The van der Waals surface area contributed by atoms with Gasteiger partial charge in [0.15, 0.2) is 0 Å². The Labute approximate surface area is 183 Å². The lowest BCUT2D eigenvalue weighted by Gasteiger charge is -2.43. The van der Waals surface area contributed by atoms with Crippen molar-refractivity contribution in [1.29, 1.82) is 0 Å². The van der Waals surface area contributed by atoms with Crippen molar-refractivity contribution in [1.82, 2.24) is 9.80 Å². The van der Waals surface area contributed by atoms with Crippen LogP contribution in [0.15, 0.2) is 29.4 Å². The Bertz CT molecular complexity index is 772. The zero-order valence-corrected chi connectivity index (χ0v) is 17.5. The van der Waals surface area contributed by atoms with Crippen LogP contribution in [0.5, 0.6) is 0 Å². The molecule has 12 heteroatoms. The molecule has 0 bridgehead atoms. The third-order valence-corrected chi connectivity index (χ3v) is 5.47. The number of nitrogens with two attached hydrogens (primary N) is 1. The molecule has 2 saturated heterocycles. The van der Waals surface area contributed by atoms with E-state index in [1.165, 1.54) is 5.69 Å². The number of likely N-dealkylation sites (tertiary alicyclic amines) is 1. The molecule has 1 aromatic carbocycles. The number of anilines is 1. The predicted octanol–water partition coefficient (Wildman–Crippen LogP) is 1.28. The number of carboxylic acid groups (broad SMARTS) is 2. The molecule has 9 nitrogen and oxygen atoms in total. The number of hydrogen-bond donors (Lipinski definition) is 3. The number of alkyl halides is 3. The van der Waals surface area contributed by atoms with Gasteiger partial charge in [-0.2, -0.15) is 18.3 Å². The first-order valence-corrected chi connectivity index (χ1v) is 10.2. The van der Waals surface area contributed by atoms with Crippen LogP contribution in [0.25, 0.3) is 0 Å². The van der Waals surface area contributed by atoms with Crippen molar-refractivity contribution >= 4 is 23.8 Å². The number of rotatable bonds is 5. The minimum atomic E-state index is -5.08. The number of halogens is 3. The molecule has 0 spiro atoms. The molecular weight excluding hydrogens is 431 g/mol. The number of carbonyl (C=O) groups is 2. The summed E-state index contributed by atoms with van der Waals surface area (Å²) in [5, 5.41) is 19.6. The zero-order valence-electron chi connectivity index (χ0n) is 17.5. The predicted molar refractivity (Wildman–Crippen MR) is 113 cm³/mol. The fourth-order valence-electron chi connectivity index (χ4n) is 3.84. The third-order valence-electron chi connectivity index (χ3n) is 5.47. The maximum absolute atomic E-state index is 10.8. The average molecular weight is 459 g/mol. The van der Waals surface area contributed by atoms with Gasteiger partial charge in [0.05, 0.1) is 12.8 Å². The van der Waals surface area contributed by atoms with Crippen molar-refractivity contribution in [3.8, 4) is 0 Å². The van der Waals surface area contributed by atoms with E-state index in [0.717, 1.165) is 57.7 Å². The number of hydrogen-bond acceptors (Lipinski definition) is 7. The van der Waals surface area contributed by atoms with E-state index in [1.54, 1.807) is 6.21 Å². The molecule has 3 rings (SSSR count). The normalized spacial score (nSPS) is 18.9. The lowest BCUT2D eigenvalue weighted by atomic mass is 10.0. The average Bonchev–Trinajstić information content (AvgIpc) is 2.75. The molecule has 0 aliphatic carbocycles. The summed E-state index contributed by atoms with van der Waals surface area (Å²) in [4.78, 5) is 26.7. The highest BCUT2D eigenvalue weighted by Gasteiger charge is 2.38. The molecule has 32 heavy (non-hydrogen) atoms. The van der Waals surface area contributed by atoms with Crippen LogP contribution in [0.3, 0.4) is 0 Å². The van der Waals surface area contributed by atoms with E-state index < -0.39 is 18.1 Å². The monoisotopic (exact) mass is 459 g/mol. The van der Waals surface area contributed by atoms with E-state index in [-0.39, 0.29) is 6.54 Å². The first-order valence-electron chi connectivity index (χ1n) is 10.2. The van der Waals surface area contributed by atoms with Crippen molar-refractivity contribution in [2.75, 3.05) is 50.7 Å². The number of nitrogens with zero attached hydrogens (tertiary/aromatic N) is 4. The van der Waals surface area contributed by atoms with Crippen LogP contribution in [0.2, 0.25) is 0 Å². The van der Waals surface area contributed by atoms with Crippen LogP contribution in [0, 0.1) is 0 Å². The highest BCUT2D eigenvalue weighted by atomic mass is 19.4. The number of piperidine rings is 1. The Morgan fingerprint density at radius 3 is 2.00 bits per heavy atom. The Balaban J connectivity index is 0.000000451. The minimum absolute atomic E-state index is 0.172. The van der Waals surface area contributed by atoms with Crippen LogP contribution in [0.1, 0.15) is 18.4 Å². The van der Waals surface area contributed by atoms with Gasteiger partial charge < -0.3 is 21.0 Å². The van der Waals surface area contributed by atoms with Crippen molar-refractivity contribution in [2.24, 2.45) is 10.9 Å². The highest BCUT2D eigenvalue weighted by molar-refractivity contribution is 5.80. The third kappa shape index (κ3) is 8.00. The minimum Gasteiger partial charge on any atom is -0.480 e. The first kappa shape index (κ1) is 25.4. The number of aliphatic carboxylic acids is 2. The van der Waals surface area contributed by atoms with E-state index in [1.807, 2.05) is 17.0 Å². The summed E-state index contributed by atoms with van der Waals surface area (Å²) in [7, 11) is 0. The summed E-state index contributed by atoms with van der Waals surface area (Å²) < 4.78 is 31.7. The van der Waals surface area contributed by atoms with Crippen LogP contribution in [0.4, 0.5) is 18.9 Å². The van der Waals surface area contributed by atoms with Crippen molar-refractivity contribution < 1.29 is 33.0 Å². The van der Waals surface area contributed by atoms with Gasteiger partial charge in [-0.1, -0.05) is 12.1 Å². The van der Waals surface area contributed by atoms with Crippen molar-refractivity contribution in [3.05, 3.63) is 29.8 Å². The first-order chi connectivity index (χ1) is 15.1. The fourth-order valence-corrected chi connectivity index (χ4v) is 3.84. The van der Waals surface area contributed by atoms with E-state index in [9.17, 15) is 18.0 Å². The second-order valence-electron chi connectivity index (χ2n) is 7.60. The number of carboxylic acids is 2. The fraction of sp³-hybridized carbons (Fsp3) is 0.550. The molecule has 0 aromatic heterocycles. The van der Waals surface area contributed by atoms with Crippen LogP contribution in [-0.2, 0) is 9.59 Å². The summed E-state index contributed by atoms with van der Waals surface area (Å²) in [6, 6.07) is 8.91. The molecule has 0 amide bonds. The second-order valence-corrected chi connectivity index (χ2v) is 7.60. The van der Waals surface area contributed by atoms with Crippen LogP contribution >= 0.6 is 0 Å². The van der Waals surface area contributed by atoms with Gasteiger partial charge in [-0.25, -0.2) is 4.79 Å². The largest absolute Gasteiger partial charge is 0.490 e. The molecule has 2 aliphatic heterocycles. The molecule has 2 fully saturated rings. The molecule has 4 N–H and O–H groups in total. The van der Waals surface area contributed by atoms with Crippen LogP contribution in [-0.4, -0.2) is 96.2 Å². The summed E-state index contributed by atoms with van der Waals surface area (Å²) in [5.74, 6) is 1.70. The van der Waals surface area contributed by atoms with Crippen molar-refractivity contribution in [2.45, 2.75) is 25.1 Å². The van der Waals surface area contributed by atoms with Gasteiger partial charge in [-0.3, -0.25) is 14.6 Å². The molecule has 0 atom stereocenters. The maximum atomic E-state index is 10.8. The topological polar surface area (TPSA) is 123 Å². The number of hydrazone groups is 1. The summed E-state index contributed by atoms with van der Waals surface area (Å²) in [5.41, 5.74) is 2.25. The summed E-state index contributed by atoms with van der Waals surface area (Å²) >= 11 is 0. The van der Waals surface area contributed by atoms with Gasteiger partial charge in [0, 0.05) is 51.0 Å². The number of piperazine rings is 1. The van der Waals surface area contributed by atoms with Gasteiger partial charge in [0.1, 0.15) is 0 Å². The molecule has 178 valence electrons. The quantitative estimate of drug-likeness (QED) is 0.342. The van der Waals surface area contributed by atoms with Gasteiger partial charge >= 0.3 is 18.1 Å². The SMILES string of the molecule is NN=Cc1ccc(N2CCN(C3CCN(CC(=O)O)CC3)CC2)cc1.O=C(O)C(F)(F)F. The van der Waals surface area contributed by atoms with Gasteiger partial charge in [0.25, 0.3) is 0 Å². The molecule has 1 aromatic rings. The number of benzene rings is 1. The van der Waals surface area contributed by atoms with Crippen molar-refractivity contribution in [3.63, 3.8) is 0 Å². The highest BCUT2D eigenvalue weighted by Crippen LogP contribution is 2.21. The van der Waals surface area contributed by atoms with Gasteiger partial charge in [-0.05, 0) is 30.5 Å². The van der Waals surface area contributed by atoms with E-state index in [2.05, 4.69) is 27.0 Å². The summed E-state index contributed by atoms with van der Waals surface area (Å²) in [6.45, 7) is 6.14. The van der Waals surface area contributed by atoms with Crippen LogP contribution < -0.4 is 10.7 Å². The Hall–Kier alpha value is -2.86. The van der Waals surface area contributed by atoms with E-state index in [0.29, 0.717) is 6.04 Å². The molecule has 0 saturated carbocycles. The Morgan fingerprint density at radius 1 is 1.03 bits per heavy atom. The molecule has 2 heterocycles. The lowest BCUT2D eigenvalue weighted by molar-refractivity contribution is -0.192. The molecule has 0 radical (unpaired) electrons.